The Labute approximate surface area is 94.2 Å². The van der Waals surface area contributed by atoms with Crippen LogP contribution in [0.15, 0.2) is 28.7 Å². The molecule has 1 unspecified atom stereocenters. The predicted octanol–water partition coefficient (Wildman–Crippen LogP) is 2.85. The molecule has 1 aliphatic carbocycles. The van der Waals surface area contributed by atoms with Gasteiger partial charge in [-0.3, -0.25) is 0 Å². The van der Waals surface area contributed by atoms with Gasteiger partial charge in [0.2, 0.25) is 0 Å². The second-order valence-corrected chi connectivity index (χ2v) is 4.39. The van der Waals surface area contributed by atoms with Gasteiger partial charge in [0.25, 0.3) is 0 Å². The number of furan rings is 1. The SMILES string of the molecule is COc1cccc2cc(C(N)C3CC3)oc12. The second-order valence-electron chi connectivity index (χ2n) is 4.39. The summed E-state index contributed by atoms with van der Waals surface area (Å²) in [6, 6.07) is 7.95. The molecule has 0 aliphatic heterocycles. The lowest BCUT2D eigenvalue weighted by atomic mass is 10.1. The van der Waals surface area contributed by atoms with E-state index in [0.717, 1.165) is 22.5 Å². The number of benzene rings is 1. The second kappa shape index (κ2) is 3.52. The molecule has 1 fully saturated rings. The molecule has 16 heavy (non-hydrogen) atoms. The number of methoxy groups -OCH3 is 1. The number of hydrogen-bond donors (Lipinski definition) is 1. The molecule has 0 spiro atoms. The average Bonchev–Trinajstić information content (AvgIpc) is 3.06. The highest BCUT2D eigenvalue weighted by Gasteiger charge is 2.31. The Bertz CT molecular complexity index is 514. The van der Waals surface area contributed by atoms with Crippen molar-refractivity contribution in [2.75, 3.05) is 7.11 Å². The normalized spacial score (nSPS) is 17.6. The van der Waals surface area contributed by atoms with Crippen LogP contribution >= 0.6 is 0 Å². The molecule has 1 aromatic carbocycles. The number of nitrogens with two attached hydrogens (primary N) is 1. The minimum Gasteiger partial charge on any atom is -0.493 e. The monoisotopic (exact) mass is 217 g/mol. The van der Waals surface area contributed by atoms with Crippen molar-refractivity contribution in [1.29, 1.82) is 0 Å². The van der Waals surface area contributed by atoms with E-state index in [4.69, 9.17) is 14.9 Å². The molecule has 0 radical (unpaired) electrons. The van der Waals surface area contributed by atoms with Crippen LogP contribution < -0.4 is 10.5 Å². The van der Waals surface area contributed by atoms with Crippen LogP contribution in [-0.4, -0.2) is 7.11 Å². The fourth-order valence-corrected chi connectivity index (χ4v) is 2.07. The van der Waals surface area contributed by atoms with E-state index in [0.29, 0.717) is 5.92 Å². The number of ether oxygens (including phenoxy) is 1. The molecular formula is C13H15NO2. The summed E-state index contributed by atoms with van der Waals surface area (Å²) in [5.41, 5.74) is 6.92. The maximum Gasteiger partial charge on any atom is 0.176 e. The number of rotatable bonds is 3. The van der Waals surface area contributed by atoms with Gasteiger partial charge in [-0.05, 0) is 30.9 Å². The Kier molecular flexibility index (Phi) is 2.14. The average molecular weight is 217 g/mol. The smallest absolute Gasteiger partial charge is 0.176 e. The van der Waals surface area contributed by atoms with Crippen molar-refractivity contribution < 1.29 is 9.15 Å². The summed E-state index contributed by atoms with van der Waals surface area (Å²) >= 11 is 0. The Morgan fingerprint density at radius 3 is 2.94 bits per heavy atom. The van der Waals surface area contributed by atoms with E-state index in [1.54, 1.807) is 7.11 Å². The Morgan fingerprint density at radius 1 is 1.44 bits per heavy atom. The van der Waals surface area contributed by atoms with Gasteiger partial charge in [0.15, 0.2) is 11.3 Å². The van der Waals surface area contributed by atoms with Gasteiger partial charge in [-0.1, -0.05) is 12.1 Å². The van der Waals surface area contributed by atoms with E-state index in [1.165, 1.54) is 12.8 Å². The van der Waals surface area contributed by atoms with Crippen LogP contribution in [0.25, 0.3) is 11.0 Å². The molecule has 0 saturated heterocycles. The zero-order chi connectivity index (χ0) is 11.1. The first-order chi connectivity index (χ1) is 7.79. The van der Waals surface area contributed by atoms with Crippen molar-refractivity contribution in [2.24, 2.45) is 11.7 Å². The first-order valence-corrected chi connectivity index (χ1v) is 5.61. The Morgan fingerprint density at radius 2 is 2.25 bits per heavy atom. The highest BCUT2D eigenvalue weighted by atomic mass is 16.5. The lowest BCUT2D eigenvalue weighted by Crippen LogP contribution is -2.10. The summed E-state index contributed by atoms with van der Waals surface area (Å²) < 4.78 is 11.1. The lowest BCUT2D eigenvalue weighted by molar-refractivity contribution is 0.401. The third-order valence-corrected chi connectivity index (χ3v) is 3.21. The molecule has 0 bridgehead atoms. The van der Waals surface area contributed by atoms with Crippen LogP contribution in [0.2, 0.25) is 0 Å². The number of para-hydroxylation sites is 1. The molecule has 2 N–H and O–H groups in total. The topological polar surface area (TPSA) is 48.4 Å². The van der Waals surface area contributed by atoms with Crippen LogP contribution in [0.5, 0.6) is 5.75 Å². The molecule has 2 aromatic rings. The maximum absolute atomic E-state index is 6.12. The first-order valence-electron chi connectivity index (χ1n) is 5.61. The molecule has 1 heterocycles. The molecule has 3 rings (SSSR count). The van der Waals surface area contributed by atoms with Gasteiger partial charge in [-0.2, -0.15) is 0 Å². The Balaban J connectivity index is 2.07. The molecule has 84 valence electrons. The number of fused-ring (bicyclic) bond motifs is 1. The standard InChI is InChI=1S/C13H15NO2/c1-15-10-4-2-3-9-7-11(16-13(9)10)12(14)8-5-6-8/h2-4,7-8,12H,5-6,14H2,1H3. The summed E-state index contributed by atoms with van der Waals surface area (Å²) in [6.45, 7) is 0. The largest absolute Gasteiger partial charge is 0.493 e. The molecule has 3 heteroatoms. The van der Waals surface area contributed by atoms with Crippen molar-refractivity contribution in [3.8, 4) is 5.75 Å². The number of hydrogen-bond acceptors (Lipinski definition) is 3. The highest BCUT2D eigenvalue weighted by Crippen LogP contribution is 2.41. The summed E-state index contributed by atoms with van der Waals surface area (Å²) in [4.78, 5) is 0. The molecule has 0 amide bonds. The van der Waals surface area contributed by atoms with Crippen LogP contribution in [0.4, 0.5) is 0 Å². The van der Waals surface area contributed by atoms with Crippen molar-refractivity contribution >= 4 is 11.0 Å². The summed E-state index contributed by atoms with van der Waals surface area (Å²) in [5.74, 6) is 2.25. The van der Waals surface area contributed by atoms with Gasteiger partial charge in [0.05, 0.1) is 13.2 Å². The van der Waals surface area contributed by atoms with Crippen LogP contribution in [0.1, 0.15) is 24.6 Å². The quantitative estimate of drug-likeness (QED) is 0.860. The van der Waals surface area contributed by atoms with Crippen LogP contribution in [0.3, 0.4) is 0 Å². The maximum atomic E-state index is 6.12. The van der Waals surface area contributed by atoms with Gasteiger partial charge in [-0.15, -0.1) is 0 Å². The molecule has 1 aromatic heterocycles. The zero-order valence-electron chi connectivity index (χ0n) is 9.27. The van der Waals surface area contributed by atoms with Crippen LogP contribution in [0, 0.1) is 5.92 Å². The van der Waals surface area contributed by atoms with Crippen molar-refractivity contribution in [1.82, 2.24) is 0 Å². The van der Waals surface area contributed by atoms with Gasteiger partial charge >= 0.3 is 0 Å². The minimum absolute atomic E-state index is 0.0390. The minimum atomic E-state index is 0.0390. The summed E-state index contributed by atoms with van der Waals surface area (Å²) in [5, 5.41) is 1.06. The molecule has 1 saturated carbocycles. The van der Waals surface area contributed by atoms with Gasteiger partial charge in [0, 0.05) is 5.39 Å². The third-order valence-electron chi connectivity index (χ3n) is 3.21. The Hall–Kier alpha value is -1.48. The predicted molar refractivity (Wildman–Crippen MR) is 62.4 cm³/mol. The third kappa shape index (κ3) is 1.48. The lowest BCUT2D eigenvalue weighted by Gasteiger charge is -2.05. The molecule has 1 aliphatic rings. The van der Waals surface area contributed by atoms with E-state index >= 15 is 0 Å². The van der Waals surface area contributed by atoms with Crippen molar-refractivity contribution in [3.05, 3.63) is 30.0 Å². The van der Waals surface area contributed by atoms with Crippen molar-refractivity contribution in [2.45, 2.75) is 18.9 Å². The van der Waals surface area contributed by atoms with Crippen molar-refractivity contribution in [3.63, 3.8) is 0 Å². The molecular weight excluding hydrogens is 202 g/mol. The van der Waals surface area contributed by atoms with Gasteiger partial charge in [0.1, 0.15) is 5.76 Å². The first kappa shape index (κ1) is 9.73. The van der Waals surface area contributed by atoms with E-state index in [9.17, 15) is 0 Å². The fourth-order valence-electron chi connectivity index (χ4n) is 2.07. The van der Waals surface area contributed by atoms with E-state index in [-0.39, 0.29) is 6.04 Å². The van der Waals surface area contributed by atoms with Gasteiger partial charge < -0.3 is 14.9 Å². The molecule has 3 nitrogen and oxygen atoms in total. The highest BCUT2D eigenvalue weighted by molar-refractivity contribution is 5.83. The van der Waals surface area contributed by atoms with E-state index in [1.807, 2.05) is 24.3 Å². The summed E-state index contributed by atoms with van der Waals surface area (Å²) in [7, 11) is 1.65. The summed E-state index contributed by atoms with van der Waals surface area (Å²) in [6.07, 6.45) is 2.44. The molecule has 1 atom stereocenters. The van der Waals surface area contributed by atoms with E-state index < -0.39 is 0 Å². The van der Waals surface area contributed by atoms with Gasteiger partial charge in [-0.25, -0.2) is 0 Å². The zero-order valence-corrected chi connectivity index (χ0v) is 9.27. The fraction of sp³-hybridized carbons (Fsp3) is 0.385. The van der Waals surface area contributed by atoms with E-state index in [2.05, 4.69) is 0 Å². The van der Waals surface area contributed by atoms with Crippen LogP contribution in [-0.2, 0) is 0 Å².